The zero-order valence-electron chi connectivity index (χ0n) is 3.22. The first-order valence-electron chi connectivity index (χ1n) is 1.58. The van der Waals surface area contributed by atoms with Crippen LogP contribution >= 0.6 is 8.61 Å². The van der Waals surface area contributed by atoms with Crippen molar-refractivity contribution in [2.45, 2.75) is 0 Å². The summed E-state index contributed by atoms with van der Waals surface area (Å²) in [6.45, 7) is 0.431. The molecule has 4 heteroatoms. The maximum absolute atomic E-state index is 9.44. The average Bonchev–Trinajstić information content (AvgIpc) is 1.61. The summed E-state index contributed by atoms with van der Waals surface area (Å²) in [5.74, 6) is 0. The third-order valence-corrected chi connectivity index (χ3v) is 0.641. The lowest BCUT2D eigenvalue weighted by molar-refractivity contribution is 0.301. The van der Waals surface area contributed by atoms with Crippen molar-refractivity contribution in [3.8, 4) is 0 Å². The first-order valence-corrected chi connectivity index (χ1v) is 2.39. The van der Waals surface area contributed by atoms with Crippen molar-refractivity contribution < 1.29 is 9.67 Å². The van der Waals surface area contributed by atoms with Crippen molar-refractivity contribution in [2.24, 2.45) is 0 Å². The Morgan fingerprint density at radius 2 is 2.50 bits per heavy atom. The lowest BCUT2D eigenvalue weighted by atomic mass is 10.8. The van der Waals surface area contributed by atoms with Crippen LogP contribution in [0, 0.1) is 0 Å². The Bertz CT molecular complexity index is 40.5. The van der Waals surface area contributed by atoms with E-state index in [1.165, 1.54) is 0 Å². The zero-order chi connectivity index (χ0) is 4.83. The van der Waals surface area contributed by atoms with Crippen molar-refractivity contribution in [2.75, 3.05) is 13.2 Å². The van der Waals surface area contributed by atoms with Crippen LogP contribution in [0.15, 0.2) is 0 Å². The highest BCUT2D eigenvalue weighted by Crippen LogP contribution is 1.74. The van der Waals surface area contributed by atoms with Crippen LogP contribution in [-0.4, -0.2) is 18.3 Å². The normalized spacial score (nSPS) is 9.50. The number of aliphatic hydroxyl groups excluding tert-OH is 1. The fourth-order valence-corrected chi connectivity index (χ4v) is 0.287. The standard InChI is InChI=1S/C2H6NO2P/c4-2-1-3-6-5/h4H,1-2H2,(H,3,5). The van der Waals surface area contributed by atoms with E-state index < -0.39 is 0 Å². The minimum absolute atomic E-state index is 0.0369. The Kier molecular flexibility index (Phi) is 5.04. The van der Waals surface area contributed by atoms with Gasteiger partial charge in [-0.3, -0.25) is 4.57 Å². The Balaban J connectivity index is 2.49. The molecule has 36 valence electrons. The molecule has 0 aliphatic heterocycles. The van der Waals surface area contributed by atoms with Gasteiger partial charge in [0.05, 0.1) is 6.61 Å². The maximum atomic E-state index is 9.44. The second kappa shape index (κ2) is 5.02. The fraction of sp³-hybridized carbons (Fsp3) is 1.00. The number of aliphatic hydroxyl groups is 1. The summed E-state index contributed by atoms with van der Waals surface area (Å²) in [4.78, 5) is 0. The van der Waals surface area contributed by atoms with Crippen molar-refractivity contribution in [1.29, 1.82) is 0 Å². The smallest absolute Gasteiger partial charge is 0.246 e. The van der Waals surface area contributed by atoms with Gasteiger partial charge in [-0.05, 0) is 0 Å². The number of nitrogens with one attached hydrogen (secondary N) is 1. The second-order valence-corrected chi connectivity index (χ2v) is 1.22. The van der Waals surface area contributed by atoms with Crippen LogP contribution in [0.4, 0.5) is 0 Å². The van der Waals surface area contributed by atoms with Crippen LogP contribution in [0.5, 0.6) is 0 Å². The van der Waals surface area contributed by atoms with E-state index in [9.17, 15) is 4.57 Å². The average molecular weight is 107 g/mol. The van der Waals surface area contributed by atoms with Crippen LogP contribution in [0.25, 0.3) is 0 Å². The molecular formula is C2H6NO2P. The molecule has 0 atom stereocenters. The minimum Gasteiger partial charge on any atom is -0.395 e. The molecule has 3 nitrogen and oxygen atoms in total. The molecule has 2 N–H and O–H groups in total. The highest BCUT2D eigenvalue weighted by molar-refractivity contribution is 7.21. The molecule has 0 heterocycles. The van der Waals surface area contributed by atoms with E-state index in [1.807, 2.05) is 0 Å². The zero-order valence-corrected chi connectivity index (χ0v) is 4.11. The Hall–Kier alpha value is 0.0200. The molecule has 0 aromatic rings. The van der Waals surface area contributed by atoms with Gasteiger partial charge in [-0.1, -0.05) is 0 Å². The quantitative estimate of drug-likeness (QED) is 0.387. The molecule has 0 aromatic carbocycles. The van der Waals surface area contributed by atoms with Crippen LogP contribution in [0.1, 0.15) is 0 Å². The van der Waals surface area contributed by atoms with E-state index in [0.29, 0.717) is 6.54 Å². The first-order chi connectivity index (χ1) is 2.91. The molecule has 0 bridgehead atoms. The molecule has 0 aromatic heterocycles. The molecule has 0 unspecified atom stereocenters. The lowest BCUT2D eigenvalue weighted by Gasteiger charge is -1.82. The van der Waals surface area contributed by atoms with Crippen molar-refractivity contribution in [1.82, 2.24) is 5.09 Å². The van der Waals surface area contributed by atoms with Crippen LogP contribution < -0.4 is 5.09 Å². The van der Waals surface area contributed by atoms with E-state index in [0.717, 1.165) is 0 Å². The Morgan fingerprint density at radius 3 is 2.67 bits per heavy atom. The van der Waals surface area contributed by atoms with Gasteiger partial charge in [-0.15, -0.1) is 0 Å². The Labute approximate surface area is 37.6 Å². The third-order valence-electron chi connectivity index (χ3n) is 0.288. The minimum atomic E-state index is -0.115. The highest BCUT2D eigenvalue weighted by atomic mass is 31.1. The molecule has 0 aliphatic rings. The highest BCUT2D eigenvalue weighted by Gasteiger charge is 1.73. The number of hydrogen-bond donors (Lipinski definition) is 2. The monoisotopic (exact) mass is 107 g/mol. The van der Waals surface area contributed by atoms with Crippen molar-refractivity contribution in [3.63, 3.8) is 0 Å². The van der Waals surface area contributed by atoms with E-state index in [4.69, 9.17) is 5.11 Å². The summed E-state index contributed by atoms with van der Waals surface area (Å²) in [6.07, 6.45) is 0. The molecule has 0 saturated heterocycles. The molecule has 0 radical (unpaired) electrons. The largest absolute Gasteiger partial charge is 0.395 e. The molecule has 0 rings (SSSR count). The summed E-state index contributed by atoms with van der Waals surface area (Å²) >= 11 is 0. The van der Waals surface area contributed by atoms with Gasteiger partial charge < -0.3 is 5.11 Å². The Morgan fingerprint density at radius 1 is 1.83 bits per heavy atom. The molecule has 0 fully saturated rings. The summed E-state index contributed by atoms with van der Waals surface area (Å²) in [7, 11) is -0.115. The molecular weight excluding hydrogens is 101 g/mol. The van der Waals surface area contributed by atoms with Crippen molar-refractivity contribution in [3.05, 3.63) is 0 Å². The van der Waals surface area contributed by atoms with Crippen LogP contribution in [0.3, 0.4) is 0 Å². The van der Waals surface area contributed by atoms with Crippen LogP contribution in [-0.2, 0) is 4.57 Å². The van der Waals surface area contributed by atoms with Gasteiger partial charge in [0.2, 0.25) is 8.61 Å². The first kappa shape index (κ1) is 6.02. The summed E-state index contributed by atoms with van der Waals surface area (Å²) in [5, 5.41) is 10.4. The second-order valence-electron chi connectivity index (χ2n) is 0.723. The van der Waals surface area contributed by atoms with Gasteiger partial charge in [0.1, 0.15) is 0 Å². The SMILES string of the molecule is O=PNCCO. The molecule has 0 spiro atoms. The van der Waals surface area contributed by atoms with E-state index in [1.54, 1.807) is 0 Å². The van der Waals surface area contributed by atoms with Gasteiger partial charge >= 0.3 is 0 Å². The van der Waals surface area contributed by atoms with Gasteiger partial charge in [0, 0.05) is 6.54 Å². The summed E-state index contributed by atoms with van der Waals surface area (Å²) in [5.41, 5.74) is 0. The molecule has 0 aliphatic carbocycles. The topological polar surface area (TPSA) is 49.3 Å². The summed E-state index contributed by atoms with van der Waals surface area (Å²) in [6, 6.07) is 0. The van der Waals surface area contributed by atoms with Crippen molar-refractivity contribution >= 4 is 8.61 Å². The van der Waals surface area contributed by atoms with E-state index in [2.05, 4.69) is 5.09 Å². The van der Waals surface area contributed by atoms with Gasteiger partial charge in [0.25, 0.3) is 0 Å². The lowest BCUT2D eigenvalue weighted by Crippen LogP contribution is -2.04. The van der Waals surface area contributed by atoms with E-state index >= 15 is 0 Å². The predicted octanol–water partition coefficient (Wildman–Crippen LogP) is -0.225. The summed E-state index contributed by atoms with van der Waals surface area (Å²) < 4.78 is 9.44. The number of rotatable bonds is 3. The van der Waals surface area contributed by atoms with Gasteiger partial charge in [-0.25, -0.2) is 5.09 Å². The van der Waals surface area contributed by atoms with Crippen LogP contribution in [0.2, 0.25) is 0 Å². The van der Waals surface area contributed by atoms with Gasteiger partial charge in [-0.2, -0.15) is 0 Å². The molecule has 0 saturated carbocycles. The molecule has 0 amide bonds. The fourth-order valence-electron chi connectivity index (χ4n) is 0.0956. The van der Waals surface area contributed by atoms with E-state index in [-0.39, 0.29) is 15.2 Å². The maximum Gasteiger partial charge on any atom is 0.246 e. The predicted molar refractivity (Wildman–Crippen MR) is 22.7 cm³/mol. The number of hydrogen-bond acceptors (Lipinski definition) is 2. The molecule has 6 heavy (non-hydrogen) atoms. The van der Waals surface area contributed by atoms with Gasteiger partial charge in [0.15, 0.2) is 0 Å². The third kappa shape index (κ3) is 4.02.